The second kappa shape index (κ2) is 6.21. The fraction of sp³-hybridized carbons (Fsp3) is 0.500. The Morgan fingerprint density at radius 2 is 2.33 bits per heavy atom. The molecular weight excluding hydrogens is 248 g/mol. The third kappa shape index (κ3) is 4.31. The molecule has 4 heteroatoms. The molecule has 0 unspecified atom stereocenters. The van der Waals surface area contributed by atoms with Gasteiger partial charge in [0.2, 0.25) is 5.88 Å². The van der Waals surface area contributed by atoms with Crippen LogP contribution < -0.4 is 10.1 Å². The van der Waals surface area contributed by atoms with E-state index in [1.807, 2.05) is 13.0 Å². The zero-order valence-corrected chi connectivity index (χ0v) is 11.5. The summed E-state index contributed by atoms with van der Waals surface area (Å²) < 4.78 is 5.58. The topological polar surface area (TPSA) is 34.1 Å². The fourth-order valence-electron chi connectivity index (χ4n) is 1.53. The minimum atomic E-state index is 0.611. The van der Waals surface area contributed by atoms with Gasteiger partial charge in [0.05, 0.1) is 17.3 Å². The van der Waals surface area contributed by atoms with Crippen molar-refractivity contribution in [2.75, 3.05) is 6.61 Å². The molecule has 0 amide bonds. The van der Waals surface area contributed by atoms with Gasteiger partial charge in [-0.2, -0.15) is 0 Å². The molecular formula is C14H19ClN2O. The monoisotopic (exact) mass is 266 g/mol. The van der Waals surface area contributed by atoms with Gasteiger partial charge >= 0.3 is 0 Å². The van der Waals surface area contributed by atoms with Crippen LogP contribution in [0.4, 0.5) is 0 Å². The van der Waals surface area contributed by atoms with Crippen LogP contribution >= 0.6 is 11.6 Å². The molecule has 1 aliphatic rings. The minimum Gasteiger partial charge on any atom is -0.477 e. The van der Waals surface area contributed by atoms with E-state index in [1.165, 1.54) is 12.8 Å². The summed E-state index contributed by atoms with van der Waals surface area (Å²) >= 11 is 6.11. The van der Waals surface area contributed by atoms with Gasteiger partial charge in [-0.25, -0.2) is 4.98 Å². The highest BCUT2D eigenvalue weighted by Gasteiger charge is 2.20. The molecule has 0 aliphatic heterocycles. The second-order valence-electron chi connectivity index (χ2n) is 4.79. The molecule has 1 saturated carbocycles. The summed E-state index contributed by atoms with van der Waals surface area (Å²) in [7, 11) is 0. The molecule has 1 aliphatic carbocycles. The van der Waals surface area contributed by atoms with Crippen molar-refractivity contribution in [2.24, 2.45) is 0 Å². The Hall–Kier alpha value is -1.06. The number of ether oxygens (including phenoxy) is 1. The first-order valence-electron chi connectivity index (χ1n) is 6.31. The SMILES string of the molecule is C=C(C)CCOc1ccc(Cl)c(CNC2CC2)n1. The molecule has 1 heterocycles. The van der Waals surface area contributed by atoms with Crippen LogP contribution in [0.3, 0.4) is 0 Å². The quantitative estimate of drug-likeness (QED) is 0.769. The summed E-state index contributed by atoms with van der Waals surface area (Å²) in [6, 6.07) is 4.30. The molecule has 18 heavy (non-hydrogen) atoms. The Bertz CT molecular complexity index is 430. The van der Waals surface area contributed by atoms with Crippen molar-refractivity contribution in [2.45, 2.75) is 38.8 Å². The van der Waals surface area contributed by atoms with E-state index < -0.39 is 0 Å². The lowest BCUT2D eigenvalue weighted by Crippen LogP contribution is -2.16. The predicted octanol–water partition coefficient (Wildman–Crippen LogP) is 3.33. The molecule has 0 spiro atoms. The molecule has 0 atom stereocenters. The summed E-state index contributed by atoms with van der Waals surface area (Å²) in [5, 5.41) is 4.09. The highest BCUT2D eigenvalue weighted by Crippen LogP contribution is 2.22. The molecule has 1 N–H and O–H groups in total. The molecule has 0 saturated heterocycles. The number of nitrogens with zero attached hydrogens (tertiary/aromatic N) is 1. The number of hydrogen-bond acceptors (Lipinski definition) is 3. The Balaban J connectivity index is 1.89. The lowest BCUT2D eigenvalue weighted by Gasteiger charge is -2.09. The Morgan fingerprint density at radius 3 is 3.00 bits per heavy atom. The number of pyridine rings is 1. The van der Waals surface area contributed by atoms with E-state index in [1.54, 1.807) is 6.07 Å². The van der Waals surface area contributed by atoms with Gasteiger partial charge in [0.15, 0.2) is 0 Å². The van der Waals surface area contributed by atoms with Gasteiger partial charge in [-0.3, -0.25) is 0 Å². The molecule has 2 rings (SSSR count). The first-order valence-corrected chi connectivity index (χ1v) is 6.69. The van der Waals surface area contributed by atoms with Crippen LogP contribution in [-0.2, 0) is 6.54 Å². The van der Waals surface area contributed by atoms with Gasteiger partial charge in [0.25, 0.3) is 0 Å². The van der Waals surface area contributed by atoms with E-state index >= 15 is 0 Å². The maximum Gasteiger partial charge on any atom is 0.213 e. The van der Waals surface area contributed by atoms with Crippen LogP contribution in [0.15, 0.2) is 24.3 Å². The number of nitrogens with one attached hydrogen (secondary N) is 1. The minimum absolute atomic E-state index is 0.611. The van der Waals surface area contributed by atoms with Crippen molar-refractivity contribution >= 4 is 11.6 Å². The first kappa shape index (κ1) is 13.4. The van der Waals surface area contributed by atoms with E-state index in [0.717, 1.165) is 17.7 Å². The van der Waals surface area contributed by atoms with Crippen LogP contribution in [0.2, 0.25) is 5.02 Å². The molecule has 0 aromatic carbocycles. The van der Waals surface area contributed by atoms with Crippen molar-refractivity contribution in [3.05, 3.63) is 35.0 Å². The number of halogens is 1. The molecule has 1 aromatic heterocycles. The van der Waals surface area contributed by atoms with Crippen LogP contribution in [0.1, 0.15) is 31.9 Å². The van der Waals surface area contributed by atoms with E-state index in [0.29, 0.717) is 30.1 Å². The maximum atomic E-state index is 6.11. The van der Waals surface area contributed by atoms with Crippen molar-refractivity contribution in [1.82, 2.24) is 10.3 Å². The lowest BCUT2D eigenvalue weighted by molar-refractivity contribution is 0.308. The smallest absolute Gasteiger partial charge is 0.213 e. The van der Waals surface area contributed by atoms with Crippen LogP contribution in [-0.4, -0.2) is 17.6 Å². The Kier molecular flexibility index (Phi) is 4.61. The summed E-state index contributed by atoms with van der Waals surface area (Å²) in [5.41, 5.74) is 1.97. The highest BCUT2D eigenvalue weighted by molar-refractivity contribution is 6.31. The van der Waals surface area contributed by atoms with Gasteiger partial charge in [-0.1, -0.05) is 17.2 Å². The van der Waals surface area contributed by atoms with E-state index in [9.17, 15) is 0 Å². The highest BCUT2D eigenvalue weighted by atomic mass is 35.5. The van der Waals surface area contributed by atoms with Gasteiger partial charge < -0.3 is 10.1 Å². The first-order chi connectivity index (χ1) is 8.65. The number of rotatable bonds is 7. The van der Waals surface area contributed by atoms with Crippen LogP contribution in [0.5, 0.6) is 5.88 Å². The predicted molar refractivity (Wildman–Crippen MR) is 74.0 cm³/mol. The van der Waals surface area contributed by atoms with E-state index in [-0.39, 0.29) is 0 Å². The Morgan fingerprint density at radius 1 is 1.56 bits per heavy atom. The van der Waals surface area contributed by atoms with Crippen LogP contribution in [0, 0.1) is 0 Å². The second-order valence-corrected chi connectivity index (χ2v) is 5.20. The molecule has 3 nitrogen and oxygen atoms in total. The van der Waals surface area contributed by atoms with E-state index in [4.69, 9.17) is 16.3 Å². The third-order valence-corrected chi connectivity index (χ3v) is 3.15. The molecule has 1 fully saturated rings. The third-order valence-electron chi connectivity index (χ3n) is 2.81. The van der Waals surface area contributed by atoms with Gasteiger partial charge in [-0.15, -0.1) is 6.58 Å². The van der Waals surface area contributed by atoms with Gasteiger partial charge in [0.1, 0.15) is 0 Å². The van der Waals surface area contributed by atoms with Crippen molar-refractivity contribution in [1.29, 1.82) is 0 Å². The fourth-order valence-corrected chi connectivity index (χ4v) is 1.70. The molecule has 0 radical (unpaired) electrons. The summed E-state index contributed by atoms with van der Waals surface area (Å²) in [6.07, 6.45) is 3.36. The standard InChI is InChI=1S/C14H19ClN2O/c1-10(2)7-8-18-14-6-5-12(15)13(17-14)9-16-11-3-4-11/h5-6,11,16H,1,3-4,7-9H2,2H3. The molecule has 98 valence electrons. The summed E-state index contributed by atoms with van der Waals surface area (Å²) in [6.45, 7) is 7.15. The molecule has 0 bridgehead atoms. The van der Waals surface area contributed by atoms with Gasteiger partial charge in [0, 0.05) is 25.1 Å². The maximum absolute atomic E-state index is 6.11. The van der Waals surface area contributed by atoms with Crippen molar-refractivity contribution < 1.29 is 4.74 Å². The van der Waals surface area contributed by atoms with Gasteiger partial charge in [-0.05, 0) is 25.8 Å². The number of aromatic nitrogens is 1. The summed E-state index contributed by atoms with van der Waals surface area (Å²) in [4.78, 5) is 4.42. The number of hydrogen-bond donors (Lipinski definition) is 1. The van der Waals surface area contributed by atoms with Crippen LogP contribution in [0.25, 0.3) is 0 Å². The van der Waals surface area contributed by atoms with E-state index in [2.05, 4.69) is 16.9 Å². The lowest BCUT2D eigenvalue weighted by atomic mass is 10.3. The normalized spacial score (nSPS) is 14.6. The van der Waals surface area contributed by atoms with Crippen molar-refractivity contribution in [3.63, 3.8) is 0 Å². The zero-order chi connectivity index (χ0) is 13.0. The van der Waals surface area contributed by atoms with Crippen molar-refractivity contribution in [3.8, 4) is 5.88 Å². The average Bonchev–Trinajstić information content (AvgIpc) is 3.13. The molecule has 1 aromatic rings. The summed E-state index contributed by atoms with van der Waals surface area (Å²) in [5.74, 6) is 0.633. The average molecular weight is 267 g/mol. The largest absolute Gasteiger partial charge is 0.477 e. The zero-order valence-electron chi connectivity index (χ0n) is 10.7. The Labute approximate surface area is 113 Å².